The number of hydrogen-bond donors (Lipinski definition) is 1. The van der Waals surface area contributed by atoms with E-state index in [1.165, 1.54) is 0 Å². The first-order chi connectivity index (χ1) is 21.3. The van der Waals surface area contributed by atoms with Crippen LogP contribution in [0.2, 0.25) is 0 Å². The molecule has 10 nitrogen and oxygen atoms in total. The first-order valence-corrected chi connectivity index (χ1v) is 18.7. The molecule has 4 rings (SSSR count). The van der Waals surface area contributed by atoms with Gasteiger partial charge < -0.3 is 0 Å². The molecule has 2 atom stereocenters. The highest BCUT2D eigenvalue weighted by Crippen LogP contribution is 2.20. The first-order valence-electron chi connectivity index (χ1n) is 15.1. The number of aromatic nitrogens is 2. The molecule has 2 aromatic heterocycles. The van der Waals surface area contributed by atoms with Gasteiger partial charge in [-0.25, -0.2) is 21.9 Å². The van der Waals surface area contributed by atoms with Gasteiger partial charge in [0.05, 0.1) is 40.1 Å². The highest BCUT2D eigenvalue weighted by Gasteiger charge is 2.29. The second kappa shape index (κ2) is 15.2. The molecule has 0 aliphatic carbocycles. The smallest absolute Gasteiger partial charge is 0.235 e. The Kier molecular flexibility index (Phi) is 11.6. The minimum absolute atomic E-state index is 0.0565. The molecule has 0 fully saturated rings. The van der Waals surface area contributed by atoms with Crippen LogP contribution in [0.5, 0.6) is 0 Å². The van der Waals surface area contributed by atoms with E-state index in [2.05, 4.69) is 15.4 Å². The number of carbonyl (C=O) groups excluding carboxylic acids is 1. The van der Waals surface area contributed by atoms with Crippen LogP contribution in [0, 0.1) is 11.8 Å². The zero-order valence-electron chi connectivity index (χ0n) is 26.2. The maximum absolute atomic E-state index is 13.3. The molecule has 0 aliphatic rings. The van der Waals surface area contributed by atoms with Crippen LogP contribution in [-0.4, -0.2) is 61.9 Å². The van der Waals surface area contributed by atoms with E-state index >= 15 is 0 Å². The van der Waals surface area contributed by atoms with Crippen LogP contribution in [-0.2, 0) is 40.9 Å². The molecule has 0 aliphatic heterocycles. The van der Waals surface area contributed by atoms with Gasteiger partial charge in [0, 0.05) is 29.2 Å². The van der Waals surface area contributed by atoms with Crippen LogP contribution < -0.4 is 5.48 Å². The fraction of sp³-hybridized carbons (Fsp3) is 0.424. The summed E-state index contributed by atoms with van der Waals surface area (Å²) < 4.78 is 53.2. The summed E-state index contributed by atoms with van der Waals surface area (Å²) in [5, 5.41) is 2.66. The number of sulfone groups is 2. The molecule has 4 aromatic rings. The third kappa shape index (κ3) is 10.6. The summed E-state index contributed by atoms with van der Waals surface area (Å²) in [6.45, 7) is 7.78. The van der Waals surface area contributed by atoms with Crippen molar-refractivity contribution < 1.29 is 26.6 Å². The van der Waals surface area contributed by atoms with Gasteiger partial charge in [0.15, 0.2) is 19.7 Å². The van der Waals surface area contributed by atoms with Gasteiger partial charge in [-0.15, -0.1) is 0 Å². The van der Waals surface area contributed by atoms with E-state index in [9.17, 15) is 21.6 Å². The fourth-order valence-electron chi connectivity index (χ4n) is 5.44. The van der Waals surface area contributed by atoms with Crippen LogP contribution in [0.4, 0.5) is 0 Å². The number of pyridine rings is 2. The van der Waals surface area contributed by atoms with Gasteiger partial charge in [-0.05, 0) is 60.1 Å². The van der Waals surface area contributed by atoms with E-state index in [1.807, 2.05) is 82.3 Å². The van der Waals surface area contributed by atoms with Crippen molar-refractivity contribution >= 4 is 47.9 Å². The summed E-state index contributed by atoms with van der Waals surface area (Å²) >= 11 is 0. The van der Waals surface area contributed by atoms with E-state index < -0.39 is 31.8 Å². The number of para-hydroxylation sites is 2. The topological polar surface area (TPSA) is 136 Å². The first kappa shape index (κ1) is 34.4. The molecule has 0 saturated carbocycles. The number of carbonyl (C=O) groups is 1. The van der Waals surface area contributed by atoms with Crippen molar-refractivity contribution in [2.24, 2.45) is 11.8 Å². The van der Waals surface area contributed by atoms with Gasteiger partial charge in [-0.1, -0.05) is 64.1 Å². The predicted octanol–water partition coefficient (Wildman–Crippen LogP) is 5.04. The molecule has 1 N–H and O–H groups in total. The lowest BCUT2D eigenvalue weighted by Crippen LogP contribution is -2.47. The predicted molar refractivity (Wildman–Crippen MR) is 177 cm³/mol. The third-order valence-corrected chi connectivity index (χ3v) is 10.6. The molecule has 2 aromatic carbocycles. The minimum Gasteiger partial charge on any atom is -0.276 e. The Bertz CT molecular complexity index is 1810. The molecular weight excluding hydrogens is 613 g/mol. The van der Waals surface area contributed by atoms with Crippen molar-refractivity contribution in [3.63, 3.8) is 0 Å². The van der Waals surface area contributed by atoms with Crippen molar-refractivity contribution in [3.8, 4) is 0 Å². The van der Waals surface area contributed by atoms with Crippen LogP contribution in [0.1, 0.15) is 51.7 Å². The molecular formula is C33H42N4O6S2. The van der Waals surface area contributed by atoms with E-state index in [4.69, 9.17) is 4.94 Å². The van der Waals surface area contributed by atoms with Gasteiger partial charge >= 0.3 is 0 Å². The van der Waals surface area contributed by atoms with Gasteiger partial charge in [-0.3, -0.25) is 14.8 Å². The molecule has 0 saturated heterocycles. The minimum atomic E-state index is -3.69. The number of hydroxylamine groups is 3. The Hall–Kier alpha value is -3.45. The average molecular weight is 655 g/mol. The van der Waals surface area contributed by atoms with Crippen molar-refractivity contribution in [3.05, 3.63) is 84.2 Å². The van der Waals surface area contributed by atoms with Crippen molar-refractivity contribution in [1.29, 1.82) is 0 Å². The molecule has 0 spiro atoms. The summed E-state index contributed by atoms with van der Waals surface area (Å²) in [5.41, 5.74) is 5.47. The maximum atomic E-state index is 13.3. The Morgan fingerprint density at radius 3 is 1.73 bits per heavy atom. The summed E-state index contributed by atoms with van der Waals surface area (Å²) in [4.78, 5) is 26.6. The number of hydrogen-bond acceptors (Lipinski definition) is 9. The highest BCUT2D eigenvalue weighted by atomic mass is 32.2. The quantitative estimate of drug-likeness (QED) is 0.123. The Morgan fingerprint density at radius 2 is 1.24 bits per heavy atom. The number of nitrogens with zero attached hydrogens (tertiary/aromatic N) is 3. The summed E-state index contributed by atoms with van der Waals surface area (Å²) in [7, 11) is -7.30. The van der Waals surface area contributed by atoms with Gasteiger partial charge in [0.25, 0.3) is 0 Å². The Labute approximate surface area is 266 Å². The molecule has 2 heterocycles. The van der Waals surface area contributed by atoms with E-state index in [0.717, 1.165) is 26.9 Å². The van der Waals surface area contributed by atoms with Crippen LogP contribution in [0.3, 0.4) is 0 Å². The van der Waals surface area contributed by atoms with E-state index in [0.29, 0.717) is 30.4 Å². The highest BCUT2D eigenvalue weighted by molar-refractivity contribution is 7.90. The molecule has 242 valence electrons. The molecule has 1 amide bonds. The number of rotatable bonds is 17. The number of amides is 1. The van der Waals surface area contributed by atoms with E-state index in [1.54, 1.807) is 18.5 Å². The number of nitrogens with one attached hydrogen (secondary N) is 1. The fourth-order valence-corrected chi connectivity index (χ4v) is 8.70. The van der Waals surface area contributed by atoms with Crippen LogP contribution >= 0.6 is 0 Å². The average Bonchev–Trinajstić information content (AvgIpc) is 2.95. The lowest BCUT2D eigenvalue weighted by atomic mass is 10.1. The normalized spacial score (nSPS) is 13.8. The lowest BCUT2D eigenvalue weighted by Gasteiger charge is -2.30. The van der Waals surface area contributed by atoms with Gasteiger partial charge in [0.1, 0.15) is 0 Å². The molecule has 0 bridgehead atoms. The largest absolute Gasteiger partial charge is 0.276 e. The zero-order valence-corrected chi connectivity index (χ0v) is 27.8. The molecule has 12 heteroatoms. The van der Waals surface area contributed by atoms with Gasteiger partial charge in [0.2, 0.25) is 6.41 Å². The van der Waals surface area contributed by atoms with Gasteiger partial charge in [-0.2, -0.15) is 10.4 Å². The standard InChI is InChI=1S/C33H42N4O6S2/c1-24(2)13-30(21-44(39,40)19-26-15-28-9-5-7-11-32(28)34-17-26)36-43-37(23-38)31(14-25(3)4)22-45(41,42)20-27-16-29-10-6-8-12-33(29)35-18-27/h5-12,15-18,23-25,30-31,36H,13-14,19-22H2,1-4H3/t30-,31-/m0/s1. The monoisotopic (exact) mass is 654 g/mol. The SMILES string of the molecule is CC(C)C[C@@H](CS(=O)(=O)Cc1cnc2ccccc2c1)NON(C=O)[C@@H](CC(C)C)CS(=O)(=O)Cc1cnc2ccccc2c1. The van der Waals surface area contributed by atoms with E-state index in [-0.39, 0.29) is 34.8 Å². The summed E-state index contributed by atoms with van der Waals surface area (Å²) in [6, 6.07) is 17.1. The van der Waals surface area contributed by atoms with Crippen molar-refractivity contribution in [2.45, 2.75) is 64.1 Å². The number of benzene rings is 2. The van der Waals surface area contributed by atoms with Crippen molar-refractivity contribution in [1.82, 2.24) is 20.5 Å². The third-order valence-electron chi connectivity index (χ3n) is 7.26. The van der Waals surface area contributed by atoms with Crippen LogP contribution in [0.15, 0.2) is 73.1 Å². The second-order valence-corrected chi connectivity index (χ2v) is 16.7. The number of fused-ring (bicyclic) bond motifs is 2. The van der Waals surface area contributed by atoms with Crippen molar-refractivity contribution in [2.75, 3.05) is 11.5 Å². The molecule has 45 heavy (non-hydrogen) atoms. The van der Waals surface area contributed by atoms with Crippen LogP contribution in [0.25, 0.3) is 21.8 Å². The summed E-state index contributed by atoms with van der Waals surface area (Å²) in [6.07, 6.45) is 4.37. The maximum Gasteiger partial charge on any atom is 0.235 e. The second-order valence-electron chi connectivity index (χ2n) is 12.5. The zero-order chi connectivity index (χ0) is 32.6. The molecule has 0 unspecified atom stereocenters. The molecule has 0 radical (unpaired) electrons. The lowest BCUT2D eigenvalue weighted by molar-refractivity contribution is -0.223. The Balaban J connectivity index is 1.44. The Morgan fingerprint density at radius 1 is 0.756 bits per heavy atom. The summed E-state index contributed by atoms with van der Waals surface area (Å²) in [5.74, 6) is -0.835.